The number of nitrogens with one attached hydrogen (secondary N) is 1. The first-order chi connectivity index (χ1) is 13.5. The minimum absolute atomic E-state index is 0.170. The molecule has 1 N–H and O–H groups in total. The molecule has 0 bridgehead atoms. The minimum Gasteiger partial charge on any atom is -0.494 e. The molecule has 0 aliphatic carbocycles. The summed E-state index contributed by atoms with van der Waals surface area (Å²) >= 11 is 0. The first-order valence-electron chi connectivity index (χ1n) is 8.52. The third-order valence-corrected chi connectivity index (χ3v) is 3.68. The van der Waals surface area contributed by atoms with Gasteiger partial charge in [0.15, 0.2) is 18.1 Å². The van der Waals surface area contributed by atoms with E-state index in [1.807, 2.05) is 6.92 Å². The van der Waals surface area contributed by atoms with Crippen LogP contribution in [0, 0.1) is 0 Å². The fourth-order valence-electron chi connectivity index (χ4n) is 2.41. The van der Waals surface area contributed by atoms with Crippen molar-refractivity contribution < 1.29 is 33.3 Å². The van der Waals surface area contributed by atoms with Crippen LogP contribution in [0.4, 0.5) is 5.69 Å². The fraction of sp³-hybridized carbons (Fsp3) is 0.300. The summed E-state index contributed by atoms with van der Waals surface area (Å²) in [4.78, 5) is 24.3. The van der Waals surface area contributed by atoms with Crippen molar-refractivity contribution in [3.8, 4) is 23.0 Å². The molecule has 0 heterocycles. The number of carbonyl (C=O) groups is 2. The molecule has 2 rings (SSSR count). The lowest BCUT2D eigenvalue weighted by atomic mass is 10.2. The summed E-state index contributed by atoms with van der Waals surface area (Å²) in [5.74, 6) is 0.524. The van der Waals surface area contributed by atoms with Gasteiger partial charge in [0.1, 0.15) is 5.75 Å². The Morgan fingerprint density at radius 2 is 1.54 bits per heavy atom. The first-order valence-corrected chi connectivity index (χ1v) is 8.52. The van der Waals surface area contributed by atoms with Crippen molar-refractivity contribution in [3.05, 3.63) is 42.0 Å². The number of rotatable bonds is 9. The molecule has 0 saturated heterocycles. The van der Waals surface area contributed by atoms with E-state index in [9.17, 15) is 9.59 Å². The molecule has 2 aromatic carbocycles. The average molecular weight is 389 g/mol. The SMILES string of the molecule is CCOc1ccc(NC(=O)COC(=O)c2cc(OC)c(OC)c(OC)c2)cc1. The monoisotopic (exact) mass is 389 g/mol. The molecule has 0 saturated carbocycles. The summed E-state index contributed by atoms with van der Waals surface area (Å²) in [5, 5.41) is 2.64. The first kappa shape index (κ1) is 20.9. The summed E-state index contributed by atoms with van der Waals surface area (Å²) in [7, 11) is 4.34. The molecule has 0 aromatic heterocycles. The Hall–Kier alpha value is -3.42. The second-order valence-corrected chi connectivity index (χ2v) is 5.50. The van der Waals surface area contributed by atoms with Gasteiger partial charge in [-0.1, -0.05) is 0 Å². The minimum atomic E-state index is -0.693. The highest BCUT2D eigenvalue weighted by Crippen LogP contribution is 2.38. The highest BCUT2D eigenvalue weighted by Gasteiger charge is 2.18. The van der Waals surface area contributed by atoms with E-state index in [-0.39, 0.29) is 5.56 Å². The van der Waals surface area contributed by atoms with Gasteiger partial charge < -0.3 is 29.0 Å². The van der Waals surface area contributed by atoms with Crippen LogP contribution in [0.2, 0.25) is 0 Å². The molecule has 0 radical (unpaired) electrons. The maximum atomic E-state index is 12.3. The van der Waals surface area contributed by atoms with E-state index < -0.39 is 18.5 Å². The normalized spacial score (nSPS) is 10.0. The highest BCUT2D eigenvalue weighted by molar-refractivity contribution is 5.96. The molecule has 8 nitrogen and oxygen atoms in total. The predicted octanol–water partition coefficient (Wildman–Crippen LogP) is 2.91. The molecule has 8 heteroatoms. The smallest absolute Gasteiger partial charge is 0.338 e. The molecule has 150 valence electrons. The van der Waals surface area contributed by atoms with Crippen LogP contribution in [-0.4, -0.2) is 46.4 Å². The van der Waals surface area contributed by atoms with E-state index in [0.717, 1.165) is 0 Å². The molecule has 28 heavy (non-hydrogen) atoms. The number of hydrogen-bond acceptors (Lipinski definition) is 7. The largest absolute Gasteiger partial charge is 0.494 e. The lowest BCUT2D eigenvalue weighted by Crippen LogP contribution is -2.21. The Morgan fingerprint density at radius 1 is 0.929 bits per heavy atom. The van der Waals surface area contributed by atoms with E-state index in [2.05, 4.69) is 5.32 Å². The lowest BCUT2D eigenvalue weighted by Gasteiger charge is -2.13. The maximum absolute atomic E-state index is 12.3. The van der Waals surface area contributed by atoms with Crippen molar-refractivity contribution in [2.45, 2.75) is 6.92 Å². The predicted molar refractivity (Wildman–Crippen MR) is 103 cm³/mol. The van der Waals surface area contributed by atoms with Crippen LogP contribution in [0.1, 0.15) is 17.3 Å². The Kier molecular flexibility index (Phi) is 7.50. The topological polar surface area (TPSA) is 92.3 Å². The van der Waals surface area contributed by atoms with E-state index in [4.69, 9.17) is 23.7 Å². The summed E-state index contributed by atoms with van der Waals surface area (Å²) in [5.41, 5.74) is 0.737. The quantitative estimate of drug-likeness (QED) is 0.659. The van der Waals surface area contributed by atoms with Crippen molar-refractivity contribution in [3.63, 3.8) is 0 Å². The van der Waals surface area contributed by atoms with Crippen LogP contribution < -0.4 is 24.3 Å². The van der Waals surface area contributed by atoms with Gasteiger partial charge in [0.25, 0.3) is 5.91 Å². The lowest BCUT2D eigenvalue weighted by molar-refractivity contribution is -0.119. The molecule has 0 fully saturated rings. The van der Waals surface area contributed by atoms with Crippen LogP contribution in [0.15, 0.2) is 36.4 Å². The van der Waals surface area contributed by atoms with Crippen LogP contribution in [0.3, 0.4) is 0 Å². The third-order valence-electron chi connectivity index (χ3n) is 3.68. The van der Waals surface area contributed by atoms with Crippen molar-refractivity contribution in [1.29, 1.82) is 0 Å². The van der Waals surface area contributed by atoms with Crippen LogP contribution in [0.5, 0.6) is 23.0 Å². The van der Waals surface area contributed by atoms with Gasteiger partial charge in [-0.3, -0.25) is 4.79 Å². The van der Waals surface area contributed by atoms with Crippen molar-refractivity contribution in [2.75, 3.05) is 39.9 Å². The third kappa shape index (κ3) is 5.29. The Bertz CT molecular complexity index is 793. The van der Waals surface area contributed by atoms with Crippen LogP contribution in [0.25, 0.3) is 0 Å². The number of esters is 1. The summed E-state index contributed by atoms with van der Waals surface area (Å²) in [6.07, 6.45) is 0. The van der Waals surface area contributed by atoms with E-state index >= 15 is 0 Å². The number of benzene rings is 2. The number of carbonyl (C=O) groups excluding carboxylic acids is 2. The molecule has 0 aliphatic rings. The molecule has 0 atom stereocenters. The Labute approximate surface area is 163 Å². The maximum Gasteiger partial charge on any atom is 0.338 e. The Balaban J connectivity index is 1.98. The zero-order valence-electron chi connectivity index (χ0n) is 16.2. The molecule has 2 aromatic rings. The van der Waals surface area contributed by atoms with Gasteiger partial charge in [-0.25, -0.2) is 4.79 Å². The second-order valence-electron chi connectivity index (χ2n) is 5.50. The van der Waals surface area contributed by atoms with Gasteiger partial charge in [0.05, 0.1) is 33.5 Å². The molecular formula is C20H23NO7. The molecule has 0 unspecified atom stereocenters. The molecular weight excluding hydrogens is 366 g/mol. The number of ether oxygens (including phenoxy) is 5. The highest BCUT2D eigenvalue weighted by atomic mass is 16.5. The van der Waals surface area contributed by atoms with Gasteiger partial charge in [-0.05, 0) is 43.3 Å². The van der Waals surface area contributed by atoms with Crippen molar-refractivity contribution >= 4 is 17.6 Å². The van der Waals surface area contributed by atoms with Gasteiger partial charge >= 0.3 is 5.97 Å². The van der Waals surface area contributed by atoms with Gasteiger partial charge in [0.2, 0.25) is 5.75 Å². The fourth-order valence-corrected chi connectivity index (χ4v) is 2.41. The number of methoxy groups -OCH3 is 3. The van der Waals surface area contributed by atoms with Crippen LogP contribution >= 0.6 is 0 Å². The molecule has 1 amide bonds. The van der Waals surface area contributed by atoms with Gasteiger partial charge in [-0.15, -0.1) is 0 Å². The Morgan fingerprint density at radius 3 is 2.04 bits per heavy atom. The van der Waals surface area contributed by atoms with E-state index in [1.165, 1.54) is 33.5 Å². The zero-order valence-corrected chi connectivity index (χ0v) is 16.2. The zero-order chi connectivity index (χ0) is 20.5. The van der Waals surface area contributed by atoms with Crippen LogP contribution in [-0.2, 0) is 9.53 Å². The molecule has 0 aliphatic heterocycles. The van der Waals surface area contributed by atoms with Gasteiger partial charge in [0, 0.05) is 5.69 Å². The second kappa shape index (κ2) is 10.1. The number of anilines is 1. The number of amides is 1. The van der Waals surface area contributed by atoms with Crippen molar-refractivity contribution in [1.82, 2.24) is 0 Å². The van der Waals surface area contributed by atoms with E-state index in [0.29, 0.717) is 35.3 Å². The average Bonchev–Trinajstić information content (AvgIpc) is 2.72. The summed E-state index contributed by atoms with van der Waals surface area (Å²) in [6.45, 7) is 2.00. The molecule has 0 spiro atoms. The number of hydrogen-bond donors (Lipinski definition) is 1. The van der Waals surface area contributed by atoms with Gasteiger partial charge in [-0.2, -0.15) is 0 Å². The standard InChI is InChI=1S/C20H23NO7/c1-5-27-15-8-6-14(7-9-15)21-18(22)12-28-20(23)13-10-16(24-2)19(26-4)17(11-13)25-3/h6-11H,5,12H2,1-4H3,(H,21,22). The van der Waals surface area contributed by atoms with Crippen molar-refractivity contribution in [2.24, 2.45) is 0 Å². The summed E-state index contributed by atoms with van der Waals surface area (Å²) < 4.78 is 26.0. The van der Waals surface area contributed by atoms with E-state index in [1.54, 1.807) is 24.3 Å². The summed E-state index contributed by atoms with van der Waals surface area (Å²) in [6, 6.07) is 9.78.